The highest BCUT2D eigenvalue weighted by atomic mass is 16.5. The van der Waals surface area contributed by atoms with E-state index < -0.39 is 0 Å². The van der Waals surface area contributed by atoms with Gasteiger partial charge in [-0.05, 0) is 31.6 Å². The van der Waals surface area contributed by atoms with Crippen LogP contribution in [0.4, 0.5) is 0 Å². The molecule has 0 saturated carbocycles. The summed E-state index contributed by atoms with van der Waals surface area (Å²) in [6.07, 6.45) is 9.99. The van der Waals surface area contributed by atoms with Gasteiger partial charge >= 0.3 is 0 Å². The maximum atomic E-state index is 5.98. The van der Waals surface area contributed by atoms with Gasteiger partial charge in [-0.1, -0.05) is 72.8 Å². The van der Waals surface area contributed by atoms with Crippen LogP contribution in [0.1, 0.15) is 86.0 Å². The molecule has 0 aromatic heterocycles. The molecule has 0 aromatic carbocycles. The Labute approximate surface area is 139 Å². The van der Waals surface area contributed by atoms with Crippen LogP contribution in [-0.4, -0.2) is 19.3 Å². The molecular formula is C20H40O2. The zero-order chi connectivity index (χ0) is 16.8. The molecule has 0 aliphatic carbocycles. The van der Waals surface area contributed by atoms with Gasteiger partial charge in [-0.25, -0.2) is 0 Å². The van der Waals surface area contributed by atoms with Crippen LogP contribution in [0.25, 0.3) is 0 Å². The largest absolute Gasteiger partial charge is 0.496 e. The van der Waals surface area contributed by atoms with E-state index >= 15 is 0 Å². The van der Waals surface area contributed by atoms with E-state index in [1.54, 1.807) is 0 Å². The van der Waals surface area contributed by atoms with E-state index in [0.29, 0.717) is 11.8 Å². The van der Waals surface area contributed by atoms with E-state index in [4.69, 9.17) is 9.47 Å². The van der Waals surface area contributed by atoms with Gasteiger partial charge in [-0.15, -0.1) is 0 Å². The van der Waals surface area contributed by atoms with Gasteiger partial charge in [0.25, 0.3) is 0 Å². The highest BCUT2D eigenvalue weighted by Crippen LogP contribution is 2.18. The molecular weight excluding hydrogens is 272 g/mol. The van der Waals surface area contributed by atoms with Crippen molar-refractivity contribution in [3.05, 3.63) is 12.3 Å². The summed E-state index contributed by atoms with van der Waals surface area (Å²) in [7, 11) is 0. The summed E-state index contributed by atoms with van der Waals surface area (Å²) in [5, 5.41) is 0. The summed E-state index contributed by atoms with van der Waals surface area (Å²) in [6, 6.07) is 0. The Hall–Kier alpha value is -0.500. The molecule has 0 rings (SSSR count). The Morgan fingerprint density at radius 3 is 1.82 bits per heavy atom. The summed E-state index contributed by atoms with van der Waals surface area (Å²) in [4.78, 5) is 0. The monoisotopic (exact) mass is 312 g/mol. The third kappa shape index (κ3) is 10.3. The van der Waals surface area contributed by atoms with Gasteiger partial charge in [0.05, 0.1) is 13.2 Å². The highest BCUT2D eigenvalue weighted by Gasteiger charge is 2.14. The molecule has 0 saturated heterocycles. The molecule has 0 aromatic rings. The third-order valence-electron chi connectivity index (χ3n) is 4.63. The predicted octanol–water partition coefficient (Wildman–Crippen LogP) is 6.35. The molecule has 0 radical (unpaired) electrons. The second-order valence-corrected chi connectivity index (χ2v) is 6.59. The molecule has 2 nitrogen and oxygen atoms in total. The first-order valence-corrected chi connectivity index (χ1v) is 9.51. The van der Waals surface area contributed by atoms with Crippen LogP contribution in [0.5, 0.6) is 0 Å². The van der Waals surface area contributed by atoms with Gasteiger partial charge in [0.15, 0.2) is 0 Å². The second-order valence-electron chi connectivity index (χ2n) is 6.59. The van der Waals surface area contributed by atoms with Gasteiger partial charge in [0.1, 0.15) is 11.9 Å². The van der Waals surface area contributed by atoms with Crippen molar-refractivity contribution >= 4 is 0 Å². The lowest BCUT2D eigenvalue weighted by Gasteiger charge is -2.22. The number of ether oxygens (including phenoxy) is 2. The SMILES string of the molecule is C=C(OCC(CC)CCCC)C(C)OCC(CC)CCCC. The van der Waals surface area contributed by atoms with Crippen molar-refractivity contribution in [2.75, 3.05) is 13.2 Å². The summed E-state index contributed by atoms with van der Waals surface area (Å²) in [5.74, 6) is 2.11. The lowest BCUT2D eigenvalue weighted by molar-refractivity contribution is 0.0128. The highest BCUT2D eigenvalue weighted by molar-refractivity contribution is 4.90. The summed E-state index contributed by atoms with van der Waals surface area (Å²) < 4.78 is 11.9. The summed E-state index contributed by atoms with van der Waals surface area (Å²) in [5.41, 5.74) is 0. The van der Waals surface area contributed by atoms with Gasteiger partial charge in [-0.3, -0.25) is 0 Å². The third-order valence-corrected chi connectivity index (χ3v) is 4.63. The van der Waals surface area contributed by atoms with Crippen molar-refractivity contribution in [2.45, 2.75) is 92.1 Å². The first kappa shape index (κ1) is 21.5. The van der Waals surface area contributed by atoms with Crippen molar-refractivity contribution in [3.8, 4) is 0 Å². The summed E-state index contributed by atoms with van der Waals surface area (Å²) >= 11 is 0. The lowest BCUT2D eigenvalue weighted by Crippen LogP contribution is -2.20. The van der Waals surface area contributed by atoms with E-state index in [1.165, 1.54) is 51.4 Å². The zero-order valence-corrected chi connectivity index (χ0v) is 15.8. The molecule has 0 aliphatic rings. The second kappa shape index (κ2) is 14.1. The van der Waals surface area contributed by atoms with Crippen molar-refractivity contribution in [3.63, 3.8) is 0 Å². The lowest BCUT2D eigenvalue weighted by atomic mass is 10.0. The molecule has 132 valence electrons. The van der Waals surface area contributed by atoms with Crippen LogP contribution in [0.15, 0.2) is 12.3 Å². The molecule has 0 heterocycles. The molecule has 3 unspecified atom stereocenters. The van der Waals surface area contributed by atoms with Crippen molar-refractivity contribution < 1.29 is 9.47 Å². The standard InChI is InChI=1S/C20H40O2/c1-7-11-13-19(9-3)15-21-17(5)18(6)22-16-20(10-4)14-12-8-2/h18-20H,5,7-16H2,1-4,6H3. The molecule has 2 heteroatoms. The average molecular weight is 313 g/mol. The van der Waals surface area contributed by atoms with E-state index in [9.17, 15) is 0 Å². The van der Waals surface area contributed by atoms with Crippen LogP contribution in [-0.2, 0) is 9.47 Å². The molecule has 0 spiro atoms. The van der Waals surface area contributed by atoms with E-state index in [0.717, 1.165) is 19.0 Å². The minimum absolute atomic E-state index is 0.000595. The van der Waals surface area contributed by atoms with E-state index in [-0.39, 0.29) is 6.10 Å². The van der Waals surface area contributed by atoms with Crippen LogP contribution >= 0.6 is 0 Å². The fourth-order valence-corrected chi connectivity index (χ4v) is 2.51. The first-order chi connectivity index (χ1) is 10.6. The molecule has 0 amide bonds. The Bertz CT molecular complexity index is 262. The average Bonchev–Trinajstić information content (AvgIpc) is 2.54. The fourth-order valence-electron chi connectivity index (χ4n) is 2.51. The number of rotatable bonds is 15. The minimum atomic E-state index is -0.000595. The fraction of sp³-hybridized carbons (Fsp3) is 0.900. The number of hydrogen-bond acceptors (Lipinski definition) is 2. The Morgan fingerprint density at radius 2 is 1.36 bits per heavy atom. The first-order valence-electron chi connectivity index (χ1n) is 9.51. The maximum absolute atomic E-state index is 5.98. The molecule has 22 heavy (non-hydrogen) atoms. The quantitative estimate of drug-likeness (QED) is 0.328. The van der Waals surface area contributed by atoms with Crippen LogP contribution in [0.2, 0.25) is 0 Å². The minimum Gasteiger partial charge on any atom is -0.496 e. The Kier molecular flexibility index (Phi) is 13.8. The predicted molar refractivity (Wildman–Crippen MR) is 97.1 cm³/mol. The topological polar surface area (TPSA) is 18.5 Å². The Morgan fingerprint density at radius 1 is 0.864 bits per heavy atom. The molecule has 0 N–H and O–H groups in total. The van der Waals surface area contributed by atoms with E-state index in [2.05, 4.69) is 41.2 Å². The molecule has 0 bridgehead atoms. The maximum Gasteiger partial charge on any atom is 0.117 e. The van der Waals surface area contributed by atoms with Crippen LogP contribution in [0.3, 0.4) is 0 Å². The van der Waals surface area contributed by atoms with Gasteiger partial charge < -0.3 is 9.47 Å². The van der Waals surface area contributed by atoms with Crippen molar-refractivity contribution in [1.82, 2.24) is 0 Å². The molecule has 3 atom stereocenters. The number of hydrogen-bond donors (Lipinski definition) is 0. The molecule has 0 fully saturated rings. The smallest absolute Gasteiger partial charge is 0.117 e. The van der Waals surface area contributed by atoms with E-state index in [1.807, 2.05) is 0 Å². The Balaban J connectivity index is 3.99. The normalized spacial score (nSPS) is 15.3. The van der Waals surface area contributed by atoms with Gasteiger partial charge in [-0.2, -0.15) is 0 Å². The van der Waals surface area contributed by atoms with Crippen LogP contribution < -0.4 is 0 Å². The van der Waals surface area contributed by atoms with Gasteiger partial charge in [0.2, 0.25) is 0 Å². The molecule has 0 aliphatic heterocycles. The van der Waals surface area contributed by atoms with Crippen molar-refractivity contribution in [1.29, 1.82) is 0 Å². The van der Waals surface area contributed by atoms with Crippen LogP contribution in [0, 0.1) is 11.8 Å². The van der Waals surface area contributed by atoms with Crippen molar-refractivity contribution in [2.24, 2.45) is 11.8 Å². The zero-order valence-electron chi connectivity index (χ0n) is 15.8. The number of unbranched alkanes of at least 4 members (excludes halogenated alkanes) is 2. The summed E-state index contributed by atoms with van der Waals surface area (Å²) in [6.45, 7) is 16.7. The van der Waals surface area contributed by atoms with Gasteiger partial charge in [0, 0.05) is 0 Å².